The van der Waals surface area contributed by atoms with Gasteiger partial charge < -0.3 is 15.2 Å². The molecular weight excluding hydrogens is 469 g/mol. The lowest BCUT2D eigenvalue weighted by Crippen LogP contribution is -2.50. The van der Waals surface area contributed by atoms with E-state index in [2.05, 4.69) is 4.99 Å². The molecular formula is C25H20Cl2F2N2O2. The van der Waals surface area contributed by atoms with Crippen molar-refractivity contribution in [2.45, 2.75) is 24.0 Å². The highest BCUT2D eigenvalue weighted by Gasteiger charge is 2.60. The van der Waals surface area contributed by atoms with Crippen LogP contribution in [0.5, 0.6) is 5.75 Å². The normalized spacial score (nSPS) is 23.9. The molecule has 2 atom stereocenters. The number of hydrogen-bond donors (Lipinski definition) is 1. The Morgan fingerprint density at radius 3 is 2.39 bits per heavy atom. The maximum Gasteiger partial charge on any atom is 0.299 e. The molecule has 33 heavy (non-hydrogen) atoms. The van der Waals surface area contributed by atoms with Gasteiger partial charge in [0, 0.05) is 22.0 Å². The molecule has 0 fully saturated rings. The molecule has 4 nitrogen and oxygen atoms in total. The summed E-state index contributed by atoms with van der Waals surface area (Å²) < 4.78 is 43.0. The molecule has 0 aliphatic carbocycles. The third-order valence-electron chi connectivity index (χ3n) is 6.02. The minimum absolute atomic E-state index is 0.0167. The van der Waals surface area contributed by atoms with Gasteiger partial charge in [-0.1, -0.05) is 59.6 Å². The lowest BCUT2D eigenvalue weighted by Gasteiger charge is -2.43. The van der Waals surface area contributed by atoms with E-state index in [1.165, 1.54) is 0 Å². The van der Waals surface area contributed by atoms with Crippen molar-refractivity contribution in [2.24, 2.45) is 10.7 Å². The molecule has 0 saturated carbocycles. The van der Waals surface area contributed by atoms with Gasteiger partial charge in [-0.2, -0.15) is 0 Å². The molecule has 0 aromatic heterocycles. The molecule has 3 aromatic carbocycles. The highest BCUT2D eigenvalue weighted by atomic mass is 35.5. The van der Waals surface area contributed by atoms with Gasteiger partial charge in [0.2, 0.25) is 0 Å². The summed E-state index contributed by atoms with van der Waals surface area (Å²) in [5.74, 6) is -2.99. The fourth-order valence-electron chi connectivity index (χ4n) is 4.50. The number of amidine groups is 1. The smallest absolute Gasteiger partial charge is 0.299 e. The first-order valence-electron chi connectivity index (χ1n) is 10.4. The van der Waals surface area contributed by atoms with Crippen molar-refractivity contribution in [1.29, 1.82) is 0 Å². The number of hydrogen-bond acceptors (Lipinski definition) is 4. The Morgan fingerprint density at radius 1 is 0.939 bits per heavy atom. The summed E-state index contributed by atoms with van der Waals surface area (Å²) in [6.45, 7) is -0.960. The topological polar surface area (TPSA) is 56.8 Å². The second-order valence-corrected chi connectivity index (χ2v) is 9.12. The molecule has 2 aliphatic heterocycles. The summed E-state index contributed by atoms with van der Waals surface area (Å²) in [4.78, 5) is 4.39. The molecule has 3 aromatic rings. The summed E-state index contributed by atoms with van der Waals surface area (Å²) in [5, 5.41) is 0.890. The van der Waals surface area contributed by atoms with Crippen molar-refractivity contribution < 1.29 is 18.3 Å². The van der Waals surface area contributed by atoms with Gasteiger partial charge in [0.25, 0.3) is 5.92 Å². The van der Waals surface area contributed by atoms with Crippen molar-refractivity contribution in [3.8, 4) is 16.9 Å². The Kier molecular flexibility index (Phi) is 5.55. The number of ether oxygens (including phenoxy) is 2. The predicted molar refractivity (Wildman–Crippen MR) is 125 cm³/mol. The molecule has 2 heterocycles. The quantitative estimate of drug-likeness (QED) is 0.453. The van der Waals surface area contributed by atoms with E-state index >= 15 is 8.78 Å². The third kappa shape index (κ3) is 3.97. The number of rotatable bonds is 2. The number of alkyl halides is 2. The summed E-state index contributed by atoms with van der Waals surface area (Å²) >= 11 is 12.3. The van der Waals surface area contributed by atoms with Gasteiger partial charge in [0.15, 0.2) is 5.54 Å². The largest absolute Gasteiger partial charge is 0.485 e. The number of nitrogens with zero attached hydrogens (tertiary/aromatic N) is 1. The van der Waals surface area contributed by atoms with Gasteiger partial charge in [-0.3, -0.25) is 4.99 Å². The predicted octanol–water partition coefficient (Wildman–Crippen LogP) is 6.40. The average molecular weight is 489 g/mol. The maximum absolute atomic E-state index is 15.8. The molecule has 2 aliphatic rings. The fourth-order valence-corrected chi connectivity index (χ4v) is 5.02. The number of halogens is 4. The molecule has 5 rings (SSSR count). The zero-order valence-electron chi connectivity index (χ0n) is 17.4. The highest BCUT2D eigenvalue weighted by molar-refractivity contribution is 6.35. The van der Waals surface area contributed by atoms with Crippen molar-refractivity contribution in [3.63, 3.8) is 0 Å². The van der Waals surface area contributed by atoms with Crippen LogP contribution in [0.3, 0.4) is 0 Å². The summed E-state index contributed by atoms with van der Waals surface area (Å²) in [5.41, 5.74) is 6.44. The van der Waals surface area contributed by atoms with Crippen molar-refractivity contribution in [3.05, 3.63) is 87.9 Å². The van der Waals surface area contributed by atoms with Crippen LogP contribution in [-0.2, 0) is 10.3 Å². The van der Waals surface area contributed by atoms with Gasteiger partial charge in [0.1, 0.15) is 30.9 Å². The first-order valence-corrected chi connectivity index (χ1v) is 11.2. The Morgan fingerprint density at radius 2 is 1.67 bits per heavy atom. The lowest BCUT2D eigenvalue weighted by molar-refractivity contribution is -0.136. The van der Waals surface area contributed by atoms with E-state index in [1.54, 1.807) is 36.4 Å². The van der Waals surface area contributed by atoms with Crippen molar-refractivity contribution in [1.82, 2.24) is 0 Å². The van der Waals surface area contributed by atoms with Gasteiger partial charge >= 0.3 is 0 Å². The fraction of sp³-hybridized carbons (Fsp3) is 0.240. The van der Waals surface area contributed by atoms with Crippen LogP contribution in [0.2, 0.25) is 10.0 Å². The van der Waals surface area contributed by atoms with E-state index in [1.807, 2.05) is 30.3 Å². The Hall–Kier alpha value is -2.67. The zero-order valence-corrected chi connectivity index (χ0v) is 18.9. The Labute approximate surface area is 199 Å². The van der Waals surface area contributed by atoms with Crippen LogP contribution in [0.1, 0.15) is 23.7 Å². The molecule has 8 heteroatoms. The van der Waals surface area contributed by atoms with Crippen LogP contribution >= 0.6 is 23.2 Å². The van der Waals surface area contributed by atoms with Gasteiger partial charge in [-0.05, 0) is 47.0 Å². The molecule has 2 N–H and O–H groups in total. The Bertz CT molecular complexity index is 1220. The monoisotopic (exact) mass is 488 g/mol. The third-order valence-corrected chi connectivity index (χ3v) is 6.45. The van der Waals surface area contributed by atoms with Crippen molar-refractivity contribution >= 4 is 29.0 Å². The molecule has 0 amide bonds. The standard InChI is InChI=1S/C25H20Cl2F2N2O2/c26-18-8-17(9-19(27)11-18)16-6-7-21-20(10-16)24(25(28,29)14-32-13-23(30)31-24)12-22(33-21)15-4-2-1-3-5-15/h1-11,22H,12-14H2,(H2,30,31)/t22?,24-/m1/s1. The number of fused-ring (bicyclic) bond motifs is 2. The van der Waals surface area contributed by atoms with Gasteiger partial charge in [0.05, 0.1) is 0 Å². The molecule has 0 bridgehead atoms. The van der Waals surface area contributed by atoms with Gasteiger partial charge in [-0.25, -0.2) is 8.78 Å². The molecule has 1 spiro atoms. The maximum atomic E-state index is 15.8. The van der Waals surface area contributed by atoms with Crippen LogP contribution in [0.4, 0.5) is 8.78 Å². The summed E-state index contributed by atoms with van der Waals surface area (Å²) in [6, 6.07) is 19.5. The van der Waals surface area contributed by atoms with E-state index < -0.39 is 24.2 Å². The number of aliphatic imine (C=N–C) groups is 1. The van der Waals surface area contributed by atoms with Crippen LogP contribution in [0.15, 0.2) is 71.7 Å². The molecule has 170 valence electrons. The van der Waals surface area contributed by atoms with Gasteiger partial charge in [-0.15, -0.1) is 0 Å². The second-order valence-electron chi connectivity index (χ2n) is 8.25. The van der Waals surface area contributed by atoms with Crippen LogP contribution in [-0.4, -0.2) is 25.0 Å². The van der Waals surface area contributed by atoms with E-state index in [0.717, 1.165) is 5.56 Å². The minimum atomic E-state index is -3.33. The SMILES string of the molecule is NC1=N[C@@]2(CC(c3ccccc3)Oc3ccc(-c4cc(Cl)cc(Cl)c4)cc32)C(F)(F)COC1. The molecule has 0 saturated heterocycles. The second kappa shape index (κ2) is 8.28. The molecule has 1 unspecified atom stereocenters. The summed E-state index contributed by atoms with van der Waals surface area (Å²) in [7, 11) is 0. The van der Waals surface area contributed by atoms with Crippen LogP contribution < -0.4 is 10.5 Å². The van der Waals surface area contributed by atoms with Crippen molar-refractivity contribution in [2.75, 3.05) is 13.2 Å². The number of nitrogens with two attached hydrogens (primary N) is 1. The van der Waals surface area contributed by atoms with E-state index in [-0.39, 0.29) is 24.4 Å². The number of benzene rings is 3. The highest BCUT2D eigenvalue weighted by Crippen LogP contribution is 2.55. The first kappa shape index (κ1) is 22.1. The Balaban J connectivity index is 1.73. The van der Waals surface area contributed by atoms with E-state index in [9.17, 15) is 0 Å². The van der Waals surface area contributed by atoms with Crippen LogP contribution in [0.25, 0.3) is 11.1 Å². The van der Waals surface area contributed by atoms with E-state index in [0.29, 0.717) is 26.9 Å². The molecule has 0 radical (unpaired) electrons. The average Bonchev–Trinajstić information content (AvgIpc) is 2.88. The lowest BCUT2D eigenvalue weighted by atomic mass is 9.75. The summed E-state index contributed by atoms with van der Waals surface area (Å²) in [6.07, 6.45) is -0.730. The minimum Gasteiger partial charge on any atom is -0.485 e. The van der Waals surface area contributed by atoms with Crippen LogP contribution in [0, 0.1) is 0 Å². The van der Waals surface area contributed by atoms with E-state index in [4.69, 9.17) is 38.4 Å². The zero-order chi connectivity index (χ0) is 23.2. The first-order chi connectivity index (χ1) is 15.8.